The van der Waals surface area contributed by atoms with Gasteiger partial charge in [0.15, 0.2) is 0 Å². The van der Waals surface area contributed by atoms with Crippen molar-refractivity contribution in [3.05, 3.63) is 0 Å². The van der Waals surface area contributed by atoms with Crippen molar-refractivity contribution in [2.75, 3.05) is 72.9 Å². The van der Waals surface area contributed by atoms with E-state index in [9.17, 15) is 4.39 Å². The van der Waals surface area contributed by atoms with Crippen molar-refractivity contribution in [2.45, 2.75) is 19.3 Å². The summed E-state index contributed by atoms with van der Waals surface area (Å²) in [5, 5.41) is 0. The second-order valence-corrected chi connectivity index (χ2v) is 5.04. The highest BCUT2D eigenvalue weighted by molar-refractivity contribution is 4.71. The standard InChI is InChI=1S/C14H29FN2O2/c1-18-13-10-16-6-8-17(9-7-16)11-14-19-12-4-2-3-5-15/h2-14H2,1H3. The van der Waals surface area contributed by atoms with Gasteiger partial charge in [-0.25, -0.2) is 0 Å². The third kappa shape index (κ3) is 8.52. The van der Waals surface area contributed by atoms with Gasteiger partial charge in [-0.15, -0.1) is 0 Å². The quantitative estimate of drug-likeness (QED) is 0.533. The van der Waals surface area contributed by atoms with E-state index in [-0.39, 0.29) is 6.67 Å². The Kier molecular flexibility index (Phi) is 10.3. The minimum atomic E-state index is -0.201. The van der Waals surface area contributed by atoms with Crippen molar-refractivity contribution in [1.29, 1.82) is 0 Å². The second kappa shape index (κ2) is 11.6. The molecule has 5 heteroatoms. The van der Waals surface area contributed by atoms with Crippen LogP contribution >= 0.6 is 0 Å². The number of ether oxygens (including phenoxy) is 2. The molecule has 4 nitrogen and oxygen atoms in total. The van der Waals surface area contributed by atoms with Crippen molar-refractivity contribution >= 4 is 0 Å². The van der Waals surface area contributed by atoms with Crippen molar-refractivity contribution in [3.8, 4) is 0 Å². The van der Waals surface area contributed by atoms with Crippen LogP contribution in [0.3, 0.4) is 0 Å². The van der Waals surface area contributed by atoms with Crippen molar-refractivity contribution in [3.63, 3.8) is 0 Å². The number of nitrogens with zero attached hydrogens (tertiary/aromatic N) is 2. The van der Waals surface area contributed by atoms with Crippen LogP contribution in [0.5, 0.6) is 0 Å². The Morgan fingerprint density at radius 2 is 1.47 bits per heavy atom. The summed E-state index contributed by atoms with van der Waals surface area (Å²) in [6, 6.07) is 0. The fourth-order valence-corrected chi connectivity index (χ4v) is 2.23. The zero-order chi connectivity index (χ0) is 13.8. The Bertz CT molecular complexity index is 200. The fraction of sp³-hybridized carbons (Fsp3) is 1.00. The van der Waals surface area contributed by atoms with Crippen molar-refractivity contribution in [2.24, 2.45) is 0 Å². The number of methoxy groups -OCH3 is 1. The van der Waals surface area contributed by atoms with Crippen LogP contribution in [0.25, 0.3) is 0 Å². The van der Waals surface area contributed by atoms with Crippen LogP contribution in [0.1, 0.15) is 19.3 Å². The Morgan fingerprint density at radius 1 is 0.842 bits per heavy atom. The summed E-state index contributed by atoms with van der Waals surface area (Å²) in [6.45, 7) is 8.73. The van der Waals surface area contributed by atoms with E-state index in [0.29, 0.717) is 6.42 Å². The minimum absolute atomic E-state index is 0.201. The number of unbranched alkanes of at least 4 members (excludes halogenated alkanes) is 2. The van der Waals surface area contributed by atoms with E-state index < -0.39 is 0 Å². The van der Waals surface area contributed by atoms with Crippen molar-refractivity contribution < 1.29 is 13.9 Å². The molecule has 0 aromatic rings. The molecule has 1 heterocycles. The highest BCUT2D eigenvalue weighted by Crippen LogP contribution is 2.01. The number of rotatable bonds is 11. The van der Waals surface area contributed by atoms with Crippen molar-refractivity contribution in [1.82, 2.24) is 9.80 Å². The molecule has 1 saturated heterocycles. The predicted molar refractivity (Wildman–Crippen MR) is 75.4 cm³/mol. The fourth-order valence-electron chi connectivity index (χ4n) is 2.23. The van der Waals surface area contributed by atoms with E-state index in [1.807, 2.05) is 0 Å². The molecule has 0 aromatic heterocycles. The van der Waals surface area contributed by atoms with Gasteiger partial charge in [0.1, 0.15) is 0 Å². The molecule has 0 aliphatic carbocycles. The topological polar surface area (TPSA) is 24.9 Å². The molecule has 0 radical (unpaired) electrons. The molecular formula is C14H29FN2O2. The molecule has 0 amide bonds. The molecule has 1 aliphatic heterocycles. The lowest BCUT2D eigenvalue weighted by atomic mass is 10.2. The third-order valence-electron chi connectivity index (χ3n) is 3.55. The first-order valence-electron chi connectivity index (χ1n) is 7.44. The Hall–Kier alpha value is -0.230. The molecule has 0 atom stereocenters. The molecule has 0 spiro atoms. The van der Waals surface area contributed by atoms with Gasteiger partial charge in [-0.05, 0) is 19.3 Å². The Balaban J connectivity index is 1.89. The lowest BCUT2D eigenvalue weighted by Gasteiger charge is -2.34. The number of alkyl halides is 1. The van der Waals surface area contributed by atoms with Crippen LogP contribution < -0.4 is 0 Å². The lowest BCUT2D eigenvalue weighted by molar-refractivity contribution is 0.0641. The number of hydrogen-bond acceptors (Lipinski definition) is 4. The lowest BCUT2D eigenvalue weighted by Crippen LogP contribution is -2.48. The SMILES string of the molecule is COCCN1CCN(CCOCCCCCF)CC1. The summed E-state index contributed by atoms with van der Waals surface area (Å²) in [6.07, 6.45) is 2.59. The maximum absolute atomic E-state index is 11.9. The average Bonchev–Trinajstić information content (AvgIpc) is 2.45. The van der Waals surface area contributed by atoms with Gasteiger partial charge in [0, 0.05) is 53.0 Å². The van der Waals surface area contributed by atoms with E-state index in [2.05, 4.69) is 9.80 Å². The molecule has 0 bridgehead atoms. The molecule has 0 unspecified atom stereocenters. The summed E-state index contributed by atoms with van der Waals surface area (Å²) in [5.74, 6) is 0. The summed E-state index contributed by atoms with van der Waals surface area (Å²) < 4.78 is 22.5. The highest BCUT2D eigenvalue weighted by atomic mass is 19.1. The molecular weight excluding hydrogens is 247 g/mol. The second-order valence-electron chi connectivity index (χ2n) is 5.04. The maximum atomic E-state index is 11.9. The van der Waals surface area contributed by atoms with Crippen LogP contribution in [-0.2, 0) is 9.47 Å². The van der Waals surface area contributed by atoms with Gasteiger partial charge in [-0.3, -0.25) is 14.2 Å². The summed E-state index contributed by atoms with van der Waals surface area (Å²) in [5.41, 5.74) is 0. The zero-order valence-corrected chi connectivity index (χ0v) is 12.3. The molecule has 1 aliphatic rings. The van der Waals surface area contributed by atoms with Crippen LogP contribution in [0.2, 0.25) is 0 Å². The average molecular weight is 276 g/mol. The van der Waals surface area contributed by atoms with Gasteiger partial charge in [-0.2, -0.15) is 0 Å². The van der Waals surface area contributed by atoms with E-state index in [1.54, 1.807) is 7.11 Å². The first-order chi connectivity index (χ1) is 9.36. The smallest absolute Gasteiger partial charge is 0.0894 e. The maximum Gasteiger partial charge on any atom is 0.0894 e. The molecule has 1 fully saturated rings. The highest BCUT2D eigenvalue weighted by Gasteiger charge is 2.15. The van der Waals surface area contributed by atoms with E-state index in [1.165, 1.54) is 0 Å². The monoisotopic (exact) mass is 276 g/mol. The zero-order valence-electron chi connectivity index (χ0n) is 12.3. The van der Waals surface area contributed by atoms with E-state index in [0.717, 1.165) is 71.9 Å². The summed E-state index contributed by atoms with van der Waals surface area (Å²) in [4.78, 5) is 4.89. The molecule has 0 aromatic carbocycles. The summed E-state index contributed by atoms with van der Waals surface area (Å²) >= 11 is 0. The van der Waals surface area contributed by atoms with Crippen LogP contribution in [0.15, 0.2) is 0 Å². The largest absolute Gasteiger partial charge is 0.383 e. The molecule has 0 N–H and O–H groups in total. The first kappa shape index (κ1) is 16.8. The van der Waals surface area contributed by atoms with Gasteiger partial charge >= 0.3 is 0 Å². The first-order valence-corrected chi connectivity index (χ1v) is 7.44. The van der Waals surface area contributed by atoms with Gasteiger partial charge in [0.25, 0.3) is 0 Å². The minimum Gasteiger partial charge on any atom is -0.383 e. The number of halogens is 1. The van der Waals surface area contributed by atoms with E-state index >= 15 is 0 Å². The molecule has 1 rings (SSSR count). The molecule has 114 valence electrons. The summed E-state index contributed by atoms with van der Waals surface area (Å²) in [7, 11) is 1.75. The Labute approximate surface area is 116 Å². The third-order valence-corrected chi connectivity index (χ3v) is 3.55. The molecule has 0 saturated carbocycles. The van der Waals surface area contributed by atoms with Crippen LogP contribution in [-0.4, -0.2) is 82.7 Å². The van der Waals surface area contributed by atoms with E-state index in [4.69, 9.17) is 9.47 Å². The van der Waals surface area contributed by atoms with Crippen LogP contribution in [0.4, 0.5) is 4.39 Å². The number of piperazine rings is 1. The van der Waals surface area contributed by atoms with Gasteiger partial charge < -0.3 is 9.47 Å². The van der Waals surface area contributed by atoms with Gasteiger partial charge in [0.05, 0.1) is 19.9 Å². The Morgan fingerprint density at radius 3 is 2.05 bits per heavy atom. The normalized spacial score (nSPS) is 18.0. The van der Waals surface area contributed by atoms with Crippen LogP contribution in [0, 0.1) is 0 Å². The number of hydrogen-bond donors (Lipinski definition) is 0. The van der Waals surface area contributed by atoms with Gasteiger partial charge in [0.2, 0.25) is 0 Å². The predicted octanol–water partition coefficient (Wildman–Crippen LogP) is 1.41. The van der Waals surface area contributed by atoms with Gasteiger partial charge in [-0.1, -0.05) is 0 Å². The molecule has 19 heavy (non-hydrogen) atoms.